The molecule has 2 aromatic rings. The molecule has 0 saturated heterocycles. The minimum Gasteiger partial charge on any atom is -0.477 e. The summed E-state index contributed by atoms with van der Waals surface area (Å²) in [4.78, 5) is 21.4. The molecule has 5 heteroatoms. The van der Waals surface area contributed by atoms with E-state index >= 15 is 0 Å². The van der Waals surface area contributed by atoms with Crippen LogP contribution in [0.3, 0.4) is 0 Å². The van der Waals surface area contributed by atoms with Crippen molar-refractivity contribution in [2.24, 2.45) is 0 Å². The van der Waals surface area contributed by atoms with Crippen molar-refractivity contribution in [1.82, 2.24) is 0 Å². The molecule has 66 valence electrons. The van der Waals surface area contributed by atoms with Crippen LogP contribution < -0.4 is 0 Å². The molecule has 0 atom stereocenters. The second-order valence-corrected chi connectivity index (χ2v) is 4.62. The number of fused-ring (bicyclic) bond motifs is 1. The first-order valence-electron chi connectivity index (χ1n) is 3.42. The second-order valence-electron chi connectivity index (χ2n) is 2.43. The average molecular weight is 212 g/mol. The van der Waals surface area contributed by atoms with E-state index in [1.807, 2.05) is 0 Å². The van der Waals surface area contributed by atoms with Gasteiger partial charge in [0.1, 0.15) is 4.88 Å². The molecule has 0 amide bonds. The normalized spacial score (nSPS) is 10.5. The van der Waals surface area contributed by atoms with Crippen LogP contribution in [-0.2, 0) is 0 Å². The van der Waals surface area contributed by atoms with E-state index in [-0.39, 0.29) is 4.88 Å². The minimum atomic E-state index is -0.940. The fourth-order valence-electron chi connectivity index (χ4n) is 1.04. The largest absolute Gasteiger partial charge is 0.477 e. The zero-order chi connectivity index (χ0) is 9.42. The first kappa shape index (κ1) is 8.40. The molecule has 1 N–H and O–H groups in total. The van der Waals surface area contributed by atoms with E-state index in [1.54, 1.807) is 11.4 Å². The summed E-state index contributed by atoms with van der Waals surface area (Å²) in [6.45, 7) is 0. The summed E-state index contributed by atoms with van der Waals surface area (Å²) in [5.41, 5.74) is 0.573. The van der Waals surface area contributed by atoms with Gasteiger partial charge >= 0.3 is 5.97 Å². The Bertz CT molecular complexity index is 481. The Hall–Kier alpha value is -1.20. The smallest absolute Gasteiger partial charge is 0.345 e. The zero-order valence-corrected chi connectivity index (χ0v) is 7.95. The molecule has 0 aliphatic rings. The van der Waals surface area contributed by atoms with Crippen molar-refractivity contribution >= 4 is 44.3 Å². The van der Waals surface area contributed by atoms with Crippen LogP contribution in [0.15, 0.2) is 11.4 Å². The molecule has 0 bridgehead atoms. The van der Waals surface area contributed by atoms with Crippen molar-refractivity contribution in [3.05, 3.63) is 21.9 Å². The lowest BCUT2D eigenvalue weighted by molar-refractivity contribution is 0.0702. The van der Waals surface area contributed by atoms with Crippen LogP contribution in [0, 0.1) is 0 Å². The highest BCUT2D eigenvalue weighted by Crippen LogP contribution is 2.33. The molecule has 0 unspecified atom stereocenters. The summed E-state index contributed by atoms with van der Waals surface area (Å²) < 4.78 is 0.888. The first-order chi connectivity index (χ1) is 6.22. The van der Waals surface area contributed by atoms with E-state index in [0.29, 0.717) is 5.56 Å². The quantitative estimate of drug-likeness (QED) is 0.778. The van der Waals surface area contributed by atoms with Crippen molar-refractivity contribution in [1.29, 1.82) is 0 Å². The molecule has 0 aliphatic carbocycles. The molecule has 2 rings (SSSR count). The summed E-state index contributed by atoms with van der Waals surface area (Å²) in [7, 11) is 0. The van der Waals surface area contributed by atoms with Gasteiger partial charge in [-0.05, 0) is 6.07 Å². The predicted molar refractivity (Wildman–Crippen MR) is 52.0 cm³/mol. The van der Waals surface area contributed by atoms with Crippen molar-refractivity contribution in [2.45, 2.75) is 0 Å². The number of hydrogen-bond acceptors (Lipinski definition) is 4. The lowest BCUT2D eigenvalue weighted by atomic mass is 10.2. The van der Waals surface area contributed by atoms with Gasteiger partial charge in [0, 0.05) is 16.3 Å². The molecule has 2 aromatic heterocycles. The van der Waals surface area contributed by atoms with Gasteiger partial charge in [-0.3, -0.25) is 4.79 Å². The Morgan fingerprint density at radius 3 is 2.92 bits per heavy atom. The Kier molecular flexibility index (Phi) is 1.90. The van der Waals surface area contributed by atoms with Crippen LogP contribution in [0.2, 0.25) is 0 Å². The Morgan fingerprint density at radius 1 is 1.54 bits per heavy atom. The maximum Gasteiger partial charge on any atom is 0.345 e. The number of aromatic carboxylic acids is 1. The summed E-state index contributed by atoms with van der Waals surface area (Å²) in [6, 6.07) is 1.54. The molecule has 3 nitrogen and oxygen atoms in total. The maximum atomic E-state index is 10.6. The molecule has 2 heterocycles. The predicted octanol–water partition coefficient (Wildman–Crippen LogP) is 2.47. The number of hydrogen-bond donors (Lipinski definition) is 1. The monoisotopic (exact) mass is 212 g/mol. The average Bonchev–Trinajstić information content (AvgIpc) is 2.60. The zero-order valence-electron chi connectivity index (χ0n) is 6.31. The summed E-state index contributed by atoms with van der Waals surface area (Å²) in [5, 5.41) is 11.2. The van der Waals surface area contributed by atoms with Crippen LogP contribution in [-0.4, -0.2) is 17.4 Å². The topological polar surface area (TPSA) is 54.4 Å². The SMILES string of the molecule is O=Cc1csc2sc(C(=O)O)cc12. The van der Waals surface area contributed by atoms with Gasteiger partial charge in [-0.15, -0.1) is 22.7 Å². The number of thiophene rings is 2. The van der Waals surface area contributed by atoms with Crippen molar-refractivity contribution in [2.75, 3.05) is 0 Å². The third-order valence-corrected chi connectivity index (χ3v) is 3.90. The third-order valence-electron chi connectivity index (χ3n) is 1.64. The molecule has 0 fully saturated rings. The van der Waals surface area contributed by atoms with E-state index in [9.17, 15) is 9.59 Å². The molecule has 0 aliphatic heterocycles. The molecule has 0 radical (unpaired) electrons. The first-order valence-corrected chi connectivity index (χ1v) is 5.11. The number of carboxylic acid groups (broad SMARTS) is 1. The van der Waals surface area contributed by atoms with Crippen molar-refractivity contribution in [3.63, 3.8) is 0 Å². The number of aldehydes is 1. The highest BCUT2D eigenvalue weighted by atomic mass is 32.2. The van der Waals surface area contributed by atoms with Gasteiger partial charge in [-0.2, -0.15) is 0 Å². The Labute approximate surface area is 81.2 Å². The van der Waals surface area contributed by atoms with Crippen LogP contribution in [0.25, 0.3) is 9.40 Å². The van der Waals surface area contributed by atoms with E-state index < -0.39 is 5.97 Å². The van der Waals surface area contributed by atoms with Crippen molar-refractivity contribution in [3.8, 4) is 0 Å². The summed E-state index contributed by atoms with van der Waals surface area (Å²) >= 11 is 2.60. The fraction of sp³-hybridized carbons (Fsp3) is 0. The third kappa shape index (κ3) is 1.26. The summed E-state index contributed by atoms with van der Waals surface area (Å²) in [5.74, 6) is -0.940. The van der Waals surface area contributed by atoms with Crippen LogP contribution >= 0.6 is 22.7 Å². The molecule has 13 heavy (non-hydrogen) atoms. The lowest BCUT2D eigenvalue weighted by Crippen LogP contribution is -1.89. The Morgan fingerprint density at radius 2 is 2.31 bits per heavy atom. The standard InChI is InChI=1S/C8H4O3S2/c9-2-4-3-12-8-5(4)1-6(13-8)7(10)11/h1-3H,(H,10,11). The van der Waals surface area contributed by atoms with E-state index in [0.717, 1.165) is 15.7 Å². The van der Waals surface area contributed by atoms with E-state index in [2.05, 4.69) is 0 Å². The van der Waals surface area contributed by atoms with Crippen LogP contribution in [0.4, 0.5) is 0 Å². The van der Waals surface area contributed by atoms with Gasteiger partial charge in [0.2, 0.25) is 0 Å². The lowest BCUT2D eigenvalue weighted by Gasteiger charge is -1.81. The van der Waals surface area contributed by atoms with Crippen LogP contribution in [0.1, 0.15) is 20.0 Å². The number of carbonyl (C=O) groups is 2. The maximum absolute atomic E-state index is 10.6. The van der Waals surface area contributed by atoms with E-state index in [1.165, 1.54) is 22.7 Å². The van der Waals surface area contributed by atoms with Gasteiger partial charge in [-0.1, -0.05) is 0 Å². The molecular weight excluding hydrogens is 208 g/mol. The van der Waals surface area contributed by atoms with Gasteiger partial charge in [0.05, 0.1) is 4.01 Å². The van der Waals surface area contributed by atoms with E-state index in [4.69, 9.17) is 5.11 Å². The highest BCUT2D eigenvalue weighted by molar-refractivity contribution is 7.38. The second kappa shape index (κ2) is 2.93. The van der Waals surface area contributed by atoms with Gasteiger partial charge in [0.15, 0.2) is 6.29 Å². The van der Waals surface area contributed by atoms with Crippen molar-refractivity contribution < 1.29 is 14.7 Å². The number of carboxylic acids is 1. The Balaban J connectivity index is 2.69. The fourth-order valence-corrected chi connectivity index (χ4v) is 3.12. The van der Waals surface area contributed by atoms with Crippen LogP contribution in [0.5, 0.6) is 0 Å². The number of carbonyl (C=O) groups excluding carboxylic acids is 1. The molecule has 0 spiro atoms. The number of rotatable bonds is 2. The minimum absolute atomic E-state index is 0.282. The highest BCUT2D eigenvalue weighted by Gasteiger charge is 2.12. The molecule has 0 saturated carbocycles. The van der Waals surface area contributed by atoms with Gasteiger partial charge in [0.25, 0.3) is 0 Å². The summed E-state index contributed by atoms with van der Waals surface area (Å²) in [6.07, 6.45) is 0.747. The molecule has 0 aromatic carbocycles. The van der Waals surface area contributed by atoms with Gasteiger partial charge < -0.3 is 5.11 Å². The molecular formula is C8H4O3S2. The van der Waals surface area contributed by atoms with Gasteiger partial charge in [-0.25, -0.2) is 4.79 Å².